The van der Waals surface area contributed by atoms with Crippen LogP contribution in [0, 0.1) is 0 Å². The van der Waals surface area contributed by atoms with Crippen molar-refractivity contribution in [2.75, 3.05) is 16.9 Å². The third-order valence-electron chi connectivity index (χ3n) is 3.89. The molecule has 0 fully saturated rings. The number of para-hydroxylation sites is 1. The maximum Gasteiger partial charge on any atom is 0.246 e. The van der Waals surface area contributed by atoms with Crippen LogP contribution in [0.25, 0.3) is 0 Å². The lowest BCUT2D eigenvalue weighted by Gasteiger charge is -2.26. The monoisotopic (exact) mass is 348 g/mol. The SMILES string of the molecule is CS(=O)c1ccc(Cl)c(NC(=O)C2CCc3ccccc3N2)c1. The molecular weight excluding hydrogens is 332 g/mol. The topological polar surface area (TPSA) is 58.2 Å². The van der Waals surface area contributed by atoms with Crippen molar-refractivity contribution in [2.24, 2.45) is 0 Å². The van der Waals surface area contributed by atoms with E-state index in [2.05, 4.69) is 16.7 Å². The minimum atomic E-state index is -1.12. The van der Waals surface area contributed by atoms with Crippen molar-refractivity contribution in [3.05, 3.63) is 53.1 Å². The first kappa shape index (κ1) is 16.0. The lowest BCUT2D eigenvalue weighted by molar-refractivity contribution is -0.117. The van der Waals surface area contributed by atoms with Gasteiger partial charge < -0.3 is 10.6 Å². The molecule has 2 atom stereocenters. The Morgan fingerprint density at radius 2 is 2.09 bits per heavy atom. The van der Waals surface area contributed by atoms with E-state index >= 15 is 0 Å². The standard InChI is InChI=1S/C17H17ClN2O2S/c1-23(22)12-7-8-13(18)16(10-12)20-17(21)15-9-6-11-4-2-3-5-14(11)19-15/h2-5,7-8,10,15,19H,6,9H2,1H3,(H,20,21). The van der Waals surface area contributed by atoms with Crippen LogP contribution in [0.1, 0.15) is 12.0 Å². The lowest BCUT2D eigenvalue weighted by Crippen LogP contribution is -2.37. The van der Waals surface area contributed by atoms with E-state index in [0.717, 1.165) is 18.5 Å². The highest BCUT2D eigenvalue weighted by molar-refractivity contribution is 7.84. The Hall–Kier alpha value is -1.85. The molecule has 2 unspecified atom stereocenters. The minimum absolute atomic E-state index is 0.138. The summed E-state index contributed by atoms with van der Waals surface area (Å²) in [6, 6.07) is 12.7. The van der Waals surface area contributed by atoms with Crippen LogP contribution in [-0.2, 0) is 22.0 Å². The van der Waals surface area contributed by atoms with Crippen LogP contribution in [0.5, 0.6) is 0 Å². The number of hydrogen-bond acceptors (Lipinski definition) is 3. The summed E-state index contributed by atoms with van der Waals surface area (Å²) in [4.78, 5) is 13.1. The average molecular weight is 349 g/mol. The molecule has 4 nitrogen and oxygen atoms in total. The van der Waals surface area contributed by atoms with E-state index in [1.807, 2.05) is 18.2 Å². The van der Waals surface area contributed by atoms with Crippen molar-refractivity contribution in [2.45, 2.75) is 23.8 Å². The summed E-state index contributed by atoms with van der Waals surface area (Å²) in [5.74, 6) is -0.138. The molecule has 120 valence electrons. The lowest BCUT2D eigenvalue weighted by atomic mass is 9.97. The van der Waals surface area contributed by atoms with Crippen LogP contribution in [0.4, 0.5) is 11.4 Å². The molecule has 1 aliphatic heterocycles. The summed E-state index contributed by atoms with van der Waals surface area (Å²) in [7, 11) is -1.12. The number of aryl methyl sites for hydroxylation is 1. The van der Waals surface area contributed by atoms with Gasteiger partial charge in [0, 0.05) is 27.6 Å². The Bertz CT molecular complexity index is 779. The van der Waals surface area contributed by atoms with Gasteiger partial charge in [-0.2, -0.15) is 0 Å². The Morgan fingerprint density at radius 1 is 1.30 bits per heavy atom. The largest absolute Gasteiger partial charge is 0.373 e. The number of hydrogen-bond donors (Lipinski definition) is 2. The number of benzene rings is 2. The summed E-state index contributed by atoms with van der Waals surface area (Å²) in [5.41, 5.74) is 2.70. The molecule has 2 aromatic rings. The molecule has 0 spiro atoms. The highest BCUT2D eigenvalue weighted by atomic mass is 35.5. The molecule has 0 aromatic heterocycles. The molecule has 23 heavy (non-hydrogen) atoms. The first-order valence-corrected chi connectivity index (χ1v) is 9.26. The van der Waals surface area contributed by atoms with Gasteiger partial charge in [0.1, 0.15) is 6.04 Å². The zero-order valence-electron chi connectivity index (χ0n) is 12.6. The molecule has 0 saturated heterocycles. The van der Waals surface area contributed by atoms with Gasteiger partial charge in [-0.05, 0) is 42.7 Å². The molecule has 3 rings (SSSR count). The summed E-state index contributed by atoms with van der Waals surface area (Å²) in [6.45, 7) is 0. The Labute approximate surface area is 142 Å². The molecule has 0 bridgehead atoms. The molecule has 6 heteroatoms. The second kappa shape index (κ2) is 6.72. The van der Waals surface area contributed by atoms with Crippen LogP contribution in [-0.4, -0.2) is 22.4 Å². The fourth-order valence-electron chi connectivity index (χ4n) is 2.63. The maximum absolute atomic E-state index is 12.5. The van der Waals surface area contributed by atoms with E-state index in [0.29, 0.717) is 15.6 Å². The highest BCUT2D eigenvalue weighted by Crippen LogP contribution is 2.27. The van der Waals surface area contributed by atoms with Gasteiger partial charge in [-0.3, -0.25) is 9.00 Å². The van der Waals surface area contributed by atoms with Gasteiger partial charge in [0.2, 0.25) is 5.91 Å². The molecule has 1 heterocycles. The van der Waals surface area contributed by atoms with E-state index in [9.17, 15) is 9.00 Å². The van der Waals surface area contributed by atoms with E-state index < -0.39 is 10.8 Å². The van der Waals surface area contributed by atoms with Crippen molar-refractivity contribution in [1.29, 1.82) is 0 Å². The second-order valence-electron chi connectivity index (χ2n) is 5.48. The van der Waals surface area contributed by atoms with Crippen LogP contribution in [0.2, 0.25) is 5.02 Å². The fraction of sp³-hybridized carbons (Fsp3) is 0.235. The van der Waals surface area contributed by atoms with Crippen LogP contribution >= 0.6 is 11.6 Å². The number of anilines is 2. The molecule has 0 radical (unpaired) electrons. The third kappa shape index (κ3) is 3.57. The summed E-state index contributed by atoms with van der Waals surface area (Å²) in [5, 5.41) is 6.53. The van der Waals surface area contributed by atoms with E-state index in [1.54, 1.807) is 24.5 Å². The molecule has 1 aliphatic rings. The molecule has 1 amide bonds. The van der Waals surface area contributed by atoms with Gasteiger partial charge >= 0.3 is 0 Å². The minimum Gasteiger partial charge on any atom is -0.373 e. The molecule has 2 aromatic carbocycles. The number of carbonyl (C=O) groups excluding carboxylic acids is 1. The first-order chi connectivity index (χ1) is 11.0. The highest BCUT2D eigenvalue weighted by Gasteiger charge is 2.24. The van der Waals surface area contributed by atoms with Crippen molar-refractivity contribution in [1.82, 2.24) is 0 Å². The quantitative estimate of drug-likeness (QED) is 0.893. The van der Waals surface area contributed by atoms with E-state index in [1.165, 1.54) is 5.56 Å². The van der Waals surface area contributed by atoms with Gasteiger partial charge in [0.05, 0.1) is 10.7 Å². The predicted molar refractivity (Wildman–Crippen MR) is 94.6 cm³/mol. The zero-order valence-corrected chi connectivity index (χ0v) is 14.2. The second-order valence-corrected chi connectivity index (χ2v) is 7.26. The van der Waals surface area contributed by atoms with Gasteiger partial charge in [-0.25, -0.2) is 0 Å². The third-order valence-corrected chi connectivity index (χ3v) is 5.14. The number of fused-ring (bicyclic) bond motifs is 1. The molecule has 0 saturated carbocycles. The van der Waals surface area contributed by atoms with Gasteiger partial charge in [0.15, 0.2) is 0 Å². The maximum atomic E-state index is 12.5. The van der Waals surface area contributed by atoms with Crippen LogP contribution < -0.4 is 10.6 Å². The summed E-state index contributed by atoms with van der Waals surface area (Å²) >= 11 is 6.13. The van der Waals surface area contributed by atoms with Gasteiger partial charge in [-0.15, -0.1) is 0 Å². The van der Waals surface area contributed by atoms with Crippen LogP contribution in [0.3, 0.4) is 0 Å². The number of amides is 1. The summed E-state index contributed by atoms with van der Waals surface area (Å²) in [6.07, 6.45) is 3.17. The Morgan fingerprint density at radius 3 is 2.87 bits per heavy atom. The average Bonchev–Trinajstić information content (AvgIpc) is 2.56. The number of nitrogens with one attached hydrogen (secondary N) is 2. The first-order valence-electron chi connectivity index (χ1n) is 7.33. The molecule has 2 N–H and O–H groups in total. The normalized spacial score (nSPS) is 17.7. The molecular formula is C17H17ClN2O2S. The Kier molecular flexibility index (Phi) is 4.68. The van der Waals surface area contributed by atoms with Crippen LogP contribution in [0.15, 0.2) is 47.4 Å². The molecule has 0 aliphatic carbocycles. The zero-order chi connectivity index (χ0) is 16.4. The number of rotatable bonds is 3. The summed E-state index contributed by atoms with van der Waals surface area (Å²) < 4.78 is 11.6. The van der Waals surface area contributed by atoms with Gasteiger partial charge in [0.25, 0.3) is 0 Å². The Balaban J connectivity index is 1.75. The van der Waals surface area contributed by atoms with Crippen molar-refractivity contribution in [3.8, 4) is 0 Å². The van der Waals surface area contributed by atoms with Crippen molar-refractivity contribution < 1.29 is 9.00 Å². The predicted octanol–water partition coefficient (Wildman–Crippen LogP) is 3.44. The van der Waals surface area contributed by atoms with Gasteiger partial charge in [-0.1, -0.05) is 29.8 Å². The number of carbonyl (C=O) groups is 1. The van der Waals surface area contributed by atoms with Crippen molar-refractivity contribution >= 4 is 39.7 Å². The van der Waals surface area contributed by atoms with E-state index in [-0.39, 0.29) is 11.9 Å². The fourth-order valence-corrected chi connectivity index (χ4v) is 3.34. The smallest absolute Gasteiger partial charge is 0.246 e. The van der Waals surface area contributed by atoms with Crippen molar-refractivity contribution in [3.63, 3.8) is 0 Å². The number of halogens is 1. The van der Waals surface area contributed by atoms with E-state index in [4.69, 9.17) is 11.6 Å².